The lowest BCUT2D eigenvalue weighted by Gasteiger charge is -2.24. The first-order valence-corrected chi connectivity index (χ1v) is 8.42. The fourth-order valence-corrected chi connectivity index (χ4v) is 3.76. The molecule has 8 heteroatoms. The zero-order valence-corrected chi connectivity index (χ0v) is 14.1. The monoisotopic (exact) mass is 358 g/mol. The van der Waals surface area contributed by atoms with Gasteiger partial charge in [-0.15, -0.1) is 11.8 Å². The molecule has 2 aromatic carbocycles. The van der Waals surface area contributed by atoms with Gasteiger partial charge >= 0.3 is 5.97 Å². The number of hydrogen-bond donors (Lipinski definition) is 0. The highest BCUT2D eigenvalue weighted by molar-refractivity contribution is 8.00. The van der Waals surface area contributed by atoms with Crippen molar-refractivity contribution in [1.29, 1.82) is 0 Å². The van der Waals surface area contributed by atoms with Crippen molar-refractivity contribution < 1.29 is 19.2 Å². The number of carbonyl (C=O) groups excluding carboxylic acids is 2. The van der Waals surface area contributed by atoms with E-state index in [4.69, 9.17) is 0 Å². The van der Waals surface area contributed by atoms with E-state index >= 15 is 0 Å². The van der Waals surface area contributed by atoms with Crippen molar-refractivity contribution in [1.82, 2.24) is 0 Å². The van der Waals surface area contributed by atoms with Crippen LogP contribution in [0, 0.1) is 10.1 Å². The van der Waals surface area contributed by atoms with Gasteiger partial charge in [0.05, 0.1) is 23.3 Å². The third-order valence-corrected chi connectivity index (χ3v) is 5.04. The lowest BCUT2D eigenvalue weighted by Crippen LogP contribution is -2.27. The molecule has 0 radical (unpaired) electrons. The third-order valence-electron chi connectivity index (χ3n) is 3.82. The Balaban J connectivity index is 1.89. The summed E-state index contributed by atoms with van der Waals surface area (Å²) in [5.74, 6) is -0.180. The van der Waals surface area contributed by atoms with Crippen LogP contribution in [0.1, 0.15) is 21.3 Å². The van der Waals surface area contributed by atoms with Crippen LogP contribution in [0.4, 0.5) is 11.4 Å². The van der Waals surface area contributed by atoms with E-state index < -0.39 is 10.9 Å². The second-order valence-electron chi connectivity index (χ2n) is 5.31. The maximum atomic E-state index is 12.3. The number of ether oxygens (including phenoxy) is 1. The van der Waals surface area contributed by atoms with E-state index in [2.05, 4.69) is 4.74 Å². The van der Waals surface area contributed by atoms with E-state index in [0.717, 1.165) is 5.56 Å². The highest BCUT2D eigenvalue weighted by atomic mass is 32.2. The quantitative estimate of drug-likeness (QED) is 0.474. The van der Waals surface area contributed by atoms with Crippen LogP contribution in [0.2, 0.25) is 0 Å². The van der Waals surface area contributed by atoms with Gasteiger partial charge in [-0.25, -0.2) is 4.79 Å². The van der Waals surface area contributed by atoms with Crippen molar-refractivity contribution in [2.45, 2.75) is 5.37 Å². The number of nitro benzene ring substituents is 1. The summed E-state index contributed by atoms with van der Waals surface area (Å²) in [7, 11) is 1.31. The number of carbonyl (C=O) groups is 2. The third kappa shape index (κ3) is 3.34. The molecule has 7 nitrogen and oxygen atoms in total. The molecule has 1 amide bonds. The van der Waals surface area contributed by atoms with E-state index in [1.165, 1.54) is 31.0 Å². The predicted octanol–water partition coefficient (Wildman–Crippen LogP) is 3.16. The molecule has 0 saturated carbocycles. The van der Waals surface area contributed by atoms with Gasteiger partial charge < -0.3 is 4.74 Å². The van der Waals surface area contributed by atoms with Gasteiger partial charge in [0.15, 0.2) is 0 Å². The molecule has 3 rings (SSSR count). The van der Waals surface area contributed by atoms with Gasteiger partial charge in [-0.3, -0.25) is 19.8 Å². The average Bonchev–Trinajstić information content (AvgIpc) is 3.02. The number of thioether (sulfide) groups is 1. The van der Waals surface area contributed by atoms with Crippen LogP contribution in [0.25, 0.3) is 0 Å². The molecule has 128 valence electrons. The molecule has 0 spiro atoms. The van der Waals surface area contributed by atoms with Crippen LogP contribution in [-0.2, 0) is 9.53 Å². The number of hydrogen-bond acceptors (Lipinski definition) is 6. The zero-order chi connectivity index (χ0) is 18.0. The largest absolute Gasteiger partial charge is 0.465 e. The van der Waals surface area contributed by atoms with E-state index in [-0.39, 0.29) is 17.0 Å². The smallest absolute Gasteiger partial charge is 0.337 e. The van der Waals surface area contributed by atoms with Gasteiger partial charge in [0, 0.05) is 17.8 Å². The molecule has 1 atom stereocenters. The van der Waals surface area contributed by atoms with E-state index in [0.29, 0.717) is 17.0 Å². The second-order valence-corrected chi connectivity index (χ2v) is 6.38. The van der Waals surface area contributed by atoms with Crippen molar-refractivity contribution >= 4 is 35.0 Å². The number of rotatable bonds is 4. The van der Waals surface area contributed by atoms with Crippen LogP contribution in [0.15, 0.2) is 48.5 Å². The van der Waals surface area contributed by atoms with Crippen molar-refractivity contribution in [2.24, 2.45) is 0 Å². The van der Waals surface area contributed by atoms with Crippen molar-refractivity contribution in [2.75, 3.05) is 17.8 Å². The van der Waals surface area contributed by atoms with Crippen LogP contribution in [-0.4, -0.2) is 29.7 Å². The fourth-order valence-electron chi connectivity index (χ4n) is 2.59. The first-order valence-electron chi connectivity index (χ1n) is 7.37. The molecular weight excluding hydrogens is 344 g/mol. The number of amides is 1. The van der Waals surface area contributed by atoms with Gasteiger partial charge in [0.2, 0.25) is 5.91 Å². The van der Waals surface area contributed by atoms with Crippen molar-refractivity contribution in [3.63, 3.8) is 0 Å². The SMILES string of the molecule is COC(=O)c1ccc(N2C(=O)CSC2c2ccc([N+](=O)[O-])cc2)cc1. The lowest BCUT2D eigenvalue weighted by atomic mass is 10.1. The van der Waals surface area contributed by atoms with Crippen molar-refractivity contribution in [3.8, 4) is 0 Å². The normalized spacial score (nSPS) is 16.8. The van der Waals surface area contributed by atoms with Gasteiger partial charge in [-0.05, 0) is 42.0 Å². The molecule has 1 fully saturated rings. The molecule has 1 aliphatic heterocycles. The van der Waals surface area contributed by atoms with Crippen LogP contribution < -0.4 is 4.90 Å². The van der Waals surface area contributed by atoms with Crippen molar-refractivity contribution in [3.05, 3.63) is 69.8 Å². The van der Waals surface area contributed by atoms with Crippen LogP contribution in [0.3, 0.4) is 0 Å². The molecule has 1 aliphatic rings. The standard InChI is InChI=1S/C17H14N2O5S/c1-24-17(21)12-4-6-13(7-5-12)18-15(20)10-25-16(18)11-2-8-14(9-3-11)19(22)23/h2-9,16H,10H2,1H3. The Kier molecular flexibility index (Phi) is 4.71. The Bertz CT molecular complexity index is 820. The fraction of sp³-hybridized carbons (Fsp3) is 0.176. The molecular formula is C17H14N2O5S. The molecule has 0 bridgehead atoms. The number of methoxy groups -OCH3 is 1. The van der Waals surface area contributed by atoms with Crippen LogP contribution in [0.5, 0.6) is 0 Å². The molecule has 0 N–H and O–H groups in total. The van der Waals surface area contributed by atoms with Gasteiger partial charge in [-0.1, -0.05) is 0 Å². The summed E-state index contributed by atoms with van der Waals surface area (Å²) < 4.78 is 4.67. The summed E-state index contributed by atoms with van der Waals surface area (Å²) in [4.78, 5) is 35.8. The second kappa shape index (κ2) is 6.94. The van der Waals surface area contributed by atoms with Gasteiger partial charge in [0.25, 0.3) is 5.69 Å². The summed E-state index contributed by atoms with van der Waals surface area (Å²) in [5.41, 5.74) is 1.87. The van der Waals surface area contributed by atoms with Crippen LogP contribution >= 0.6 is 11.8 Å². The molecule has 1 unspecified atom stereocenters. The zero-order valence-electron chi connectivity index (χ0n) is 13.2. The Morgan fingerprint density at radius 3 is 2.40 bits per heavy atom. The molecule has 2 aromatic rings. The first kappa shape index (κ1) is 17.0. The maximum Gasteiger partial charge on any atom is 0.337 e. The minimum Gasteiger partial charge on any atom is -0.465 e. The molecule has 1 saturated heterocycles. The molecule has 25 heavy (non-hydrogen) atoms. The average molecular weight is 358 g/mol. The minimum absolute atomic E-state index is 0.00653. The van der Waals surface area contributed by atoms with E-state index in [1.54, 1.807) is 41.3 Å². The van der Waals surface area contributed by atoms with Gasteiger partial charge in [0.1, 0.15) is 5.37 Å². The summed E-state index contributed by atoms with van der Waals surface area (Å²) in [6, 6.07) is 12.8. The lowest BCUT2D eigenvalue weighted by molar-refractivity contribution is -0.384. The number of benzene rings is 2. The Morgan fingerprint density at radius 1 is 1.20 bits per heavy atom. The summed E-state index contributed by atoms with van der Waals surface area (Å²) in [5, 5.41) is 10.5. The Labute approximate surface area is 147 Å². The van der Waals surface area contributed by atoms with E-state index in [9.17, 15) is 19.7 Å². The Hall–Kier alpha value is -2.87. The highest BCUT2D eigenvalue weighted by Crippen LogP contribution is 2.42. The first-order chi connectivity index (χ1) is 12.0. The molecule has 0 aliphatic carbocycles. The topological polar surface area (TPSA) is 89.8 Å². The maximum absolute atomic E-state index is 12.3. The number of anilines is 1. The summed E-state index contributed by atoms with van der Waals surface area (Å²) in [6.07, 6.45) is 0. The number of nitro groups is 1. The van der Waals surface area contributed by atoms with E-state index in [1.807, 2.05) is 0 Å². The minimum atomic E-state index is -0.458. The number of esters is 1. The molecule has 0 aromatic heterocycles. The predicted molar refractivity (Wildman–Crippen MR) is 93.6 cm³/mol. The Morgan fingerprint density at radius 2 is 1.84 bits per heavy atom. The summed E-state index contributed by atoms with van der Waals surface area (Å²) >= 11 is 1.45. The number of nitrogens with zero attached hydrogens (tertiary/aromatic N) is 2. The summed E-state index contributed by atoms with van der Waals surface area (Å²) in [6.45, 7) is 0. The molecule has 1 heterocycles. The van der Waals surface area contributed by atoms with Gasteiger partial charge in [-0.2, -0.15) is 0 Å². The highest BCUT2D eigenvalue weighted by Gasteiger charge is 2.34. The number of non-ortho nitro benzene ring substituents is 1.